The molecule has 600 valence electrons. The quantitative estimate of drug-likeness (QED) is 0.00897. The number of nitrogens with two attached hydrogens (primary N) is 2. The van der Waals surface area contributed by atoms with E-state index in [2.05, 4.69) is 25.4 Å². The van der Waals surface area contributed by atoms with E-state index in [0.29, 0.717) is 110 Å². The summed E-state index contributed by atoms with van der Waals surface area (Å²) in [6.45, 7) is 8.60. The summed E-state index contributed by atoms with van der Waals surface area (Å²) in [7, 11) is 6.00. The van der Waals surface area contributed by atoms with Gasteiger partial charge in [-0.1, -0.05) is 110 Å². The van der Waals surface area contributed by atoms with Crippen LogP contribution in [0.5, 0.6) is 0 Å². The van der Waals surface area contributed by atoms with Crippen LogP contribution < -0.4 is 121 Å². The van der Waals surface area contributed by atoms with Crippen LogP contribution in [0.4, 0.5) is 4.79 Å². The smallest absolute Gasteiger partial charge is 0.550 e. The number of carboxylic acid groups (broad SMARTS) is 3. The van der Waals surface area contributed by atoms with Crippen LogP contribution in [-0.2, 0) is 98.6 Å². The van der Waals surface area contributed by atoms with Crippen molar-refractivity contribution < 1.29 is 210 Å². The molecule has 8 N–H and O–H groups in total. The van der Waals surface area contributed by atoms with E-state index in [1.165, 1.54) is 21.3 Å². The van der Waals surface area contributed by atoms with E-state index < -0.39 is 128 Å². The molecule has 0 spiro atoms. The van der Waals surface area contributed by atoms with E-state index in [-0.39, 0.29) is 152 Å². The number of nitrogens with one attached hydrogen (secondary N) is 1. The number of carbonyl (C=O) groups is 5. The van der Waals surface area contributed by atoms with Crippen molar-refractivity contribution in [3.05, 3.63) is 92.7 Å². The zero-order chi connectivity index (χ0) is 77.8. The fourth-order valence-corrected chi connectivity index (χ4v) is 12.6. The number of nitrogens with zero attached hydrogens (tertiary/aromatic N) is 7. The number of carbonyl (C=O) groups excluding carboxylic acids is 5. The largest absolute Gasteiger partial charge is 1.00 e. The summed E-state index contributed by atoms with van der Waals surface area (Å²) in [4.78, 5) is 62.5. The van der Waals surface area contributed by atoms with Crippen LogP contribution in [0.1, 0.15) is 141 Å². The molecule has 0 radical (unpaired) electrons. The third kappa shape index (κ3) is 36.9. The Morgan fingerprint density at radius 1 is 0.560 bits per heavy atom. The summed E-state index contributed by atoms with van der Waals surface area (Å²) in [5, 5.41) is 73.0. The number of aliphatic hydroxyl groups excluding tert-OH is 3. The minimum atomic E-state index is -1.07. The van der Waals surface area contributed by atoms with Gasteiger partial charge in [0.05, 0.1) is 56.2 Å². The standard InChI is InChI=1S/C23H32N4O7.C20H30N4O6.C15H28O6.C13H26N2O6.3Na/c1-3-31-18(28)12-8-5-9-13-32-20-17(14-25-26-24)33-22(30-2)19-21(20)34-23(29)27(19)15-16-10-6-4-7-11-16;1-28-20-17(22-12-14-8-4-2-5-9-14)18(27)19(15(30-20)13-23-24-21)29-11-7-3-6-10-16(25)26;1-4-11-14(13(18)10(2)15(19-3)21-11)20-9-7-5-6-8-12(16)17;1-19-13-10(15)11(18)12(8(7-14)21-13)20-6-4-2-3-5-9(16)17;;;/h4,6-7,10-11,17,19-22H,3,5,8-9,12-15H2,1-2H3;2,4-5,8-9,15,17-20,22,27H,3,6-7,10-13H2,1H3,(H,25,26);10-11,13-15,18H,4-9H2,1-3H3,(H,16,17);8,10-13,18H,2-7,14-15H2,1H3,(H,16,17);;;/q;;;;3*+1/p-3/t17?,19?,20-,21-,22+;15?,17?,18-,19-,20+;10?,11?,13-,14-,15+;8?,10?,11-,12-,13+;;;/m1111.../s1. The number of amides is 1. The van der Waals surface area contributed by atoms with Gasteiger partial charge in [-0.25, -0.2) is 4.79 Å². The Morgan fingerprint density at radius 2 is 0.982 bits per heavy atom. The van der Waals surface area contributed by atoms with Gasteiger partial charge in [0.15, 0.2) is 31.3 Å². The summed E-state index contributed by atoms with van der Waals surface area (Å²) in [5.74, 6) is -3.49. The maximum Gasteiger partial charge on any atom is 1.00 e. The molecule has 1 amide bonds. The monoisotopic (exact) mass is 1570 g/mol. The number of unbranched alkanes of at least 4 members (excludes halogenated alkanes) is 8. The average molecular weight is 1580 g/mol. The molecule has 38 heteroatoms. The van der Waals surface area contributed by atoms with Crippen LogP contribution in [0.25, 0.3) is 20.9 Å². The molecule has 7 rings (SSSR count). The molecule has 2 aromatic rings. The van der Waals surface area contributed by atoms with Gasteiger partial charge in [0.1, 0.15) is 48.8 Å². The average Bonchev–Trinajstić information content (AvgIpc) is 1.64. The van der Waals surface area contributed by atoms with Crippen molar-refractivity contribution in [2.24, 2.45) is 27.6 Å². The van der Waals surface area contributed by atoms with Gasteiger partial charge in [-0.15, -0.1) is 0 Å². The van der Waals surface area contributed by atoms with Crippen molar-refractivity contribution >= 4 is 30.0 Å². The van der Waals surface area contributed by atoms with Crippen LogP contribution in [0, 0.1) is 5.92 Å². The van der Waals surface area contributed by atoms with Crippen molar-refractivity contribution in [2.45, 2.75) is 260 Å². The predicted molar refractivity (Wildman–Crippen MR) is 373 cm³/mol. The van der Waals surface area contributed by atoms with Crippen LogP contribution in [0.15, 0.2) is 70.9 Å². The maximum atomic E-state index is 12.8. The van der Waals surface area contributed by atoms with Crippen molar-refractivity contribution in [1.29, 1.82) is 0 Å². The van der Waals surface area contributed by atoms with E-state index >= 15 is 0 Å². The minimum absolute atomic E-state index is 0. The second-order valence-corrected chi connectivity index (χ2v) is 25.8. The maximum absolute atomic E-state index is 12.8. The number of carboxylic acids is 3. The fourth-order valence-electron chi connectivity index (χ4n) is 12.6. The van der Waals surface area contributed by atoms with Crippen molar-refractivity contribution in [3.63, 3.8) is 0 Å². The SMILES string of the molecule is CCC1O[C@H](OC)C(C)[C@@H](O)[C@@H]1OCCCCCC(=O)[O-].CCOC(=O)CCCCCO[C@@H]1C(CN=[N+]=[N-])O[C@H](OC)C2[C@H]1OC(=O)N2Cc1ccccc1.CO[C@H]1OC(CN)[C@@H](OCCCCCC(=O)[O-])[C@H](O)C1N.CO[C@H]1OC(CN=[N+]=[N-])[C@@H](OCCCCCC(=O)[O-])[C@H](O)C1NCc1ccccc1.[Na+].[Na+].[Na+]. The summed E-state index contributed by atoms with van der Waals surface area (Å²) in [5.41, 5.74) is 30.9. The van der Waals surface area contributed by atoms with Gasteiger partial charge < -0.3 is 128 Å². The molecule has 20 atom stereocenters. The first kappa shape index (κ1) is 103. The molecule has 8 unspecified atom stereocenters. The molecular formula is C71H113N10Na3O25. The number of aliphatic hydroxyl groups is 3. The van der Waals surface area contributed by atoms with E-state index in [4.69, 9.17) is 88.8 Å². The Kier molecular flexibility index (Phi) is 57.0. The first-order valence-electron chi connectivity index (χ1n) is 36.4. The van der Waals surface area contributed by atoms with Crippen molar-refractivity contribution in [1.82, 2.24) is 10.2 Å². The molecule has 5 aliphatic heterocycles. The minimum Gasteiger partial charge on any atom is -0.550 e. The number of fused-ring (bicyclic) bond motifs is 1. The van der Waals surface area contributed by atoms with Gasteiger partial charge in [0.2, 0.25) is 0 Å². The Bertz CT molecular complexity index is 2840. The molecule has 5 saturated heterocycles. The van der Waals surface area contributed by atoms with E-state index in [1.807, 2.05) is 74.5 Å². The van der Waals surface area contributed by atoms with Crippen molar-refractivity contribution in [2.75, 3.05) is 81.1 Å². The van der Waals surface area contributed by atoms with Gasteiger partial charge in [-0.2, -0.15) is 0 Å². The summed E-state index contributed by atoms with van der Waals surface area (Å²) >= 11 is 0. The zero-order valence-corrected chi connectivity index (χ0v) is 71.0. The molecule has 0 aliphatic carbocycles. The fraction of sp³-hybridized carbons (Fsp3) is 0.761. The molecule has 5 aliphatic rings. The molecule has 0 aromatic heterocycles. The third-order valence-electron chi connectivity index (χ3n) is 18.3. The van der Waals surface area contributed by atoms with Gasteiger partial charge in [0.25, 0.3) is 0 Å². The van der Waals surface area contributed by atoms with Gasteiger partial charge >= 0.3 is 101 Å². The second-order valence-electron chi connectivity index (χ2n) is 25.8. The molecule has 5 fully saturated rings. The number of ether oxygens (including phenoxy) is 14. The zero-order valence-electron chi connectivity index (χ0n) is 65.0. The molecule has 2 aromatic carbocycles. The van der Waals surface area contributed by atoms with Crippen LogP contribution >= 0.6 is 0 Å². The topological polar surface area (TPSA) is 509 Å². The molecule has 35 nitrogen and oxygen atoms in total. The Balaban J connectivity index is 0.000000736. The molecule has 0 saturated carbocycles. The number of rotatable bonds is 44. The number of hydrogen-bond donors (Lipinski definition) is 6. The first-order chi connectivity index (χ1) is 51.2. The van der Waals surface area contributed by atoms with Crippen LogP contribution in [0.2, 0.25) is 0 Å². The van der Waals surface area contributed by atoms with Crippen LogP contribution in [-0.4, -0.2) is 248 Å². The van der Waals surface area contributed by atoms with E-state index in [0.717, 1.165) is 36.8 Å². The number of azide groups is 2. The summed E-state index contributed by atoms with van der Waals surface area (Å²) < 4.78 is 78.6. The number of esters is 1. The number of hydrogen-bond acceptors (Lipinski definition) is 30. The number of methoxy groups -OCH3 is 4. The predicted octanol–water partition coefficient (Wildman–Crippen LogP) is -6.38. The number of benzene rings is 2. The Hall–Kier alpha value is -3.51. The third-order valence-corrected chi connectivity index (χ3v) is 18.3. The molecule has 0 bridgehead atoms. The molecule has 109 heavy (non-hydrogen) atoms. The normalized spacial score (nSPS) is 28.0. The summed E-state index contributed by atoms with van der Waals surface area (Å²) in [6.07, 6.45) is -1.33. The van der Waals surface area contributed by atoms with E-state index in [9.17, 15) is 54.6 Å². The Morgan fingerprint density at radius 3 is 1.43 bits per heavy atom. The van der Waals surface area contributed by atoms with E-state index in [1.54, 1.807) is 18.9 Å². The summed E-state index contributed by atoms with van der Waals surface area (Å²) in [6, 6.07) is 17.5. The second kappa shape index (κ2) is 60.1. The number of aliphatic carboxylic acids is 3. The van der Waals surface area contributed by atoms with Gasteiger partial charge in [-0.05, 0) is 106 Å². The molecule has 5 heterocycles. The van der Waals surface area contributed by atoms with Crippen molar-refractivity contribution in [3.8, 4) is 0 Å². The first-order valence-corrected chi connectivity index (χ1v) is 36.4. The van der Waals surface area contributed by atoms with Gasteiger partial charge in [0, 0.05) is 115 Å². The Labute approximate surface area is 705 Å². The van der Waals surface area contributed by atoms with Gasteiger partial charge in [-0.3, -0.25) is 9.69 Å². The van der Waals surface area contributed by atoms with Crippen LogP contribution in [0.3, 0.4) is 0 Å². The molecular weight excluding hydrogens is 1460 g/mol.